The highest BCUT2D eigenvalue weighted by Gasteiger charge is 2.32. The van der Waals surface area contributed by atoms with E-state index in [4.69, 9.17) is 4.76 Å². The molecule has 2 nitrogen and oxygen atoms in total. The van der Waals surface area contributed by atoms with Crippen LogP contribution in [0.1, 0.15) is 27.8 Å². The molecule has 0 aliphatic carbocycles. The van der Waals surface area contributed by atoms with Gasteiger partial charge in [0.2, 0.25) is 7.29 Å². The maximum atomic E-state index is 14.7. The lowest BCUT2D eigenvalue weighted by atomic mass is 10.1. The minimum absolute atomic E-state index is 0.847. The van der Waals surface area contributed by atoms with E-state index in [9.17, 15) is 4.57 Å². The number of hydrogen-bond acceptors (Lipinski definition) is 1. The van der Waals surface area contributed by atoms with Gasteiger partial charge in [-0.1, -0.05) is 72.8 Å². The molecule has 4 rings (SSSR count). The summed E-state index contributed by atoms with van der Waals surface area (Å²) in [4.78, 5) is 0. The SMILES string of the molecule is Cc1cccc(C)c1P(=O)(/N=C/c1ccc2ccccc2c1)c1c(C)cccc1C. The van der Waals surface area contributed by atoms with E-state index in [2.05, 4.69) is 24.3 Å². The van der Waals surface area contributed by atoms with Crippen LogP contribution in [0, 0.1) is 27.7 Å². The van der Waals surface area contributed by atoms with Crippen molar-refractivity contribution >= 4 is 34.9 Å². The molecule has 4 aromatic carbocycles. The van der Waals surface area contributed by atoms with E-state index in [1.165, 1.54) is 5.39 Å². The Morgan fingerprint density at radius 3 is 1.67 bits per heavy atom. The molecule has 0 spiro atoms. The van der Waals surface area contributed by atoms with Crippen LogP contribution in [-0.2, 0) is 4.57 Å². The third-order valence-electron chi connectivity index (χ3n) is 5.63. The Bertz CT molecular complexity index is 1220. The van der Waals surface area contributed by atoms with Gasteiger partial charge < -0.3 is 0 Å². The Balaban J connectivity index is 1.94. The quantitative estimate of drug-likeness (QED) is 0.281. The maximum absolute atomic E-state index is 14.7. The molecule has 3 heteroatoms. The average Bonchev–Trinajstić information content (AvgIpc) is 2.72. The Hall–Kier alpha value is -2.96. The lowest BCUT2D eigenvalue weighted by Gasteiger charge is -2.22. The first-order chi connectivity index (χ1) is 14.4. The van der Waals surface area contributed by atoms with Crippen LogP contribution in [0.2, 0.25) is 0 Å². The molecule has 0 saturated heterocycles. The zero-order valence-corrected chi connectivity index (χ0v) is 18.8. The largest absolute Gasteiger partial charge is 0.288 e. The predicted octanol–water partition coefficient (Wildman–Crippen LogP) is 6.42. The number of benzene rings is 4. The van der Waals surface area contributed by atoms with Crippen molar-refractivity contribution in [2.75, 3.05) is 0 Å². The number of fused-ring (bicyclic) bond motifs is 1. The second kappa shape index (κ2) is 8.05. The van der Waals surface area contributed by atoms with E-state index < -0.39 is 7.29 Å². The highest BCUT2D eigenvalue weighted by atomic mass is 31.2. The fourth-order valence-electron chi connectivity index (χ4n) is 4.23. The van der Waals surface area contributed by atoms with E-state index in [0.29, 0.717) is 0 Å². The summed E-state index contributed by atoms with van der Waals surface area (Å²) in [6.07, 6.45) is 1.78. The van der Waals surface area contributed by atoms with Crippen LogP contribution in [0.3, 0.4) is 0 Å². The van der Waals surface area contributed by atoms with E-state index in [1.807, 2.05) is 82.3 Å². The first kappa shape index (κ1) is 20.3. The normalized spacial score (nSPS) is 12.0. The highest BCUT2D eigenvalue weighted by Crippen LogP contribution is 2.48. The molecular weight excluding hydrogens is 385 g/mol. The fraction of sp³-hybridized carbons (Fsp3) is 0.148. The molecule has 0 radical (unpaired) electrons. The Morgan fingerprint density at radius 1 is 0.633 bits per heavy atom. The van der Waals surface area contributed by atoms with Crippen molar-refractivity contribution < 1.29 is 4.57 Å². The fourth-order valence-corrected chi connectivity index (χ4v) is 7.19. The minimum atomic E-state index is -3.23. The van der Waals surface area contributed by atoms with Gasteiger partial charge in [-0.3, -0.25) is 4.57 Å². The number of aryl methyl sites for hydroxylation is 4. The number of rotatable bonds is 4. The summed E-state index contributed by atoms with van der Waals surface area (Å²) in [6.45, 7) is 8.09. The Labute approximate surface area is 178 Å². The molecule has 0 heterocycles. The third-order valence-corrected chi connectivity index (χ3v) is 8.69. The van der Waals surface area contributed by atoms with Crippen molar-refractivity contribution in [3.05, 3.63) is 107 Å². The zero-order chi connectivity index (χ0) is 21.3. The molecule has 0 aliphatic heterocycles. The molecule has 0 amide bonds. The third kappa shape index (κ3) is 3.64. The van der Waals surface area contributed by atoms with Gasteiger partial charge in [0.25, 0.3) is 0 Å². The Kier molecular flexibility index (Phi) is 5.45. The molecule has 0 saturated carbocycles. The summed E-state index contributed by atoms with van der Waals surface area (Å²) in [7, 11) is -3.23. The Morgan fingerprint density at radius 2 is 1.13 bits per heavy atom. The van der Waals surface area contributed by atoms with Crippen molar-refractivity contribution in [3.8, 4) is 0 Å². The van der Waals surface area contributed by atoms with Crippen LogP contribution in [0.4, 0.5) is 0 Å². The predicted molar refractivity (Wildman–Crippen MR) is 130 cm³/mol. The van der Waals surface area contributed by atoms with Gasteiger partial charge in [0.15, 0.2) is 0 Å². The zero-order valence-electron chi connectivity index (χ0n) is 17.9. The summed E-state index contributed by atoms with van der Waals surface area (Å²) in [5.74, 6) is 0. The van der Waals surface area contributed by atoms with Gasteiger partial charge >= 0.3 is 0 Å². The molecule has 150 valence electrons. The van der Waals surface area contributed by atoms with Gasteiger partial charge in [0, 0.05) is 16.8 Å². The van der Waals surface area contributed by atoms with Crippen LogP contribution >= 0.6 is 7.29 Å². The first-order valence-electron chi connectivity index (χ1n) is 10.2. The summed E-state index contributed by atoms with van der Waals surface area (Å²) < 4.78 is 19.6. The van der Waals surface area contributed by atoms with Gasteiger partial charge in [-0.25, -0.2) is 4.76 Å². The van der Waals surface area contributed by atoms with Crippen molar-refractivity contribution in [2.24, 2.45) is 4.76 Å². The van der Waals surface area contributed by atoms with Gasteiger partial charge in [-0.05, 0) is 72.4 Å². The summed E-state index contributed by atoms with van der Waals surface area (Å²) in [5, 5.41) is 4.02. The molecular formula is C27H26NOP. The lowest BCUT2D eigenvalue weighted by Crippen LogP contribution is -2.23. The average molecular weight is 411 g/mol. The van der Waals surface area contributed by atoms with Crippen LogP contribution in [0.15, 0.2) is 83.6 Å². The molecule has 0 bridgehead atoms. The van der Waals surface area contributed by atoms with Gasteiger partial charge in [-0.15, -0.1) is 0 Å². The summed E-state index contributed by atoms with van der Waals surface area (Å²) >= 11 is 0. The maximum Gasteiger partial charge on any atom is 0.248 e. The molecule has 4 aromatic rings. The second-order valence-electron chi connectivity index (χ2n) is 7.91. The number of hydrogen-bond donors (Lipinski definition) is 0. The molecule has 0 N–H and O–H groups in total. The highest BCUT2D eigenvalue weighted by molar-refractivity contribution is 7.78. The molecule has 0 atom stereocenters. The lowest BCUT2D eigenvalue weighted by molar-refractivity contribution is 0.588. The standard InChI is InChI=1S/C27H26NOP/c1-19-9-7-10-20(2)26(19)30(29,27-21(3)11-8-12-22(27)4)28-18-23-15-16-24-13-5-6-14-25(24)17-23/h5-18H,1-4H3/b28-18+. The second-order valence-corrected chi connectivity index (χ2v) is 10.2. The van der Waals surface area contributed by atoms with E-state index in [1.54, 1.807) is 6.21 Å². The molecule has 0 aliphatic rings. The first-order valence-corrected chi connectivity index (χ1v) is 11.8. The van der Waals surface area contributed by atoms with E-state index in [-0.39, 0.29) is 0 Å². The summed E-state index contributed by atoms with van der Waals surface area (Å²) in [6, 6.07) is 26.6. The smallest absolute Gasteiger partial charge is 0.248 e. The molecule has 30 heavy (non-hydrogen) atoms. The van der Waals surface area contributed by atoms with Gasteiger partial charge in [0.1, 0.15) is 0 Å². The van der Waals surface area contributed by atoms with E-state index >= 15 is 0 Å². The topological polar surface area (TPSA) is 29.4 Å². The van der Waals surface area contributed by atoms with Crippen LogP contribution < -0.4 is 10.6 Å². The monoisotopic (exact) mass is 411 g/mol. The van der Waals surface area contributed by atoms with E-state index in [0.717, 1.165) is 43.8 Å². The van der Waals surface area contributed by atoms with Gasteiger partial charge in [-0.2, -0.15) is 0 Å². The van der Waals surface area contributed by atoms with Crippen molar-refractivity contribution in [1.82, 2.24) is 0 Å². The van der Waals surface area contributed by atoms with Crippen molar-refractivity contribution in [2.45, 2.75) is 27.7 Å². The molecule has 0 aromatic heterocycles. The van der Waals surface area contributed by atoms with Gasteiger partial charge in [0.05, 0.1) is 0 Å². The van der Waals surface area contributed by atoms with Crippen molar-refractivity contribution in [3.63, 3.8) is 0 Å². The molecule has 0 fully saturated rings. The summed E-state index contributed by atoms with van der Waals surface area (Å²) in [5.41, 5.74) is 4.99. The number of nitrogens with zero attached hydrogens (tertiary/aromatic N) is 1. The van der Waals surface area contributed by atoms with Crippen LogP contribution in [0.25, 0.3) is 10.8 Å². The van der Waals surface area contributed by atoms with Crippen LogP contribution in [-0.4, -0.2) is 6.21 Å². The minimum Gasteiger partial charge on any atom is -0.288 e. The van der Waals surface area contributed by atoms with Crippen LogP contribution in [0.5, 0.6) is 0 Å². The molecule has 0 unspecified atom stereocenters. The van der Waals surface area contributed by atoms with Crippen molar-refractivity contribution in [1.29, 1.82) is 0 Å².